The maximum atomic E-state index is 12.6. The lowest BCUT2D eigenvalue weighted by Crippen LogP contribution is -2.59. The summed E-state index contributed by atoms with van der Waals surface area (Å²) in [6.45, 7) is 4.16. The summed E-state index contributed by atoms with van der Waals surface area (Å²) < 4.78 is 0.475. The molecule has 0 saturated heterocycles. The van der Waals surface area contributed by atoms with Gasteiger partial charge in [0, 0.05) is 37.3 Å². The number of hydrogen-bond acceptors (Lipinski definition) is 1. The number of nitrogens with one attached hydrogen (secondary N) is 1. The Balaban J connectivity index is 2.10. The molecule has 3 aromatic carbocycles. The molecule has 2 unspecified atom stereocenters. The molecule has 0 saturated carbocycles. The number of para-hydroxylation sites is 2. The molecule has 0 radical (unpaired) electrons. The van der Waals surface area contributed by atoms with Gasteiger partial charge in [-0.1, -0.05) is 48.0 Å². The first-order chi connectivity index (χ1) is 12.1. The Hall–Kier alpha value is -2.91. The van der Waals surface area contributed by atoms with Crippen molar-refractivity contribution in [1.82, 2.24) is 9.80 Å². The molecule has 0 spiro atoms. The Morgan fingerprint density at radius 1 is 0.800 bits per heavy atom. The SMILES string of the molecule is Cc1ccc([N+]2(c3ccccc3)c3ccccc3C(=O)NC2C)cc1. The van der Waals surface area contributed by atoms with Gasteiger partial charge in [0.1, 0.15) is 16.9 Å². The van der Waals surface area contributed by atoms with Gasteiger partial charge in [0.05, 0.1) is 0 Å². The average Bonchev–Trinajstić information content (AvgIpc) is 2.64. The van der Waals surface area contributed by atoms with Crippen LogP contribution in [0.5, 0.6) is 0 Å². The summed E-state index contributed by atoms with van der Waals surface area (Å²) in [4.78, 5) is 12.6. The minimum atomic E-state index is -0.118. The second-order valence-electron chi connectivity index (χ2n) is 6.56. The first kappa shape index (κ1) is 15.6. The minimum Gasteiger partial charge on any atom is -0.302 e. The number of nitrogens with zero attached hydrogens (tertiary/aromatic N) is 1. The van der Waals surface area contributed by atoms with E-state index in [0.29, 0.717) is 4.48 Å². The summed E-state index contributed by atoms with van der Waals surface area (Å²) in [6, 6.07) is 26.9. The minimum absolute atomic E-state index is 0.0140. The van der Waals surface area contributed by atoms with Crippen LogP contribution in [0.15, 0.2) is 78.9 Å². The fraction of sp³-hybridized carbons (Fsp3) is 0.136. The van der Waals surface area contributed by atoms with Crippen molar-refractivity contribution >= 4 is 23.0 Å². The maximum absolute atomic E-state index is 12.6. The molecule has 4 rings (SSSR count). The predicted octanol–water partition coefficient (Wildman–Crippen LogP) is 5.06. The van der Waals surface area contributed by atoms with Crippen molar-refractivity contribution in [2.45, 2.75) is 20.0 Å². The number of amides is 1. The highest BCUT2D eigenvalue weighted by molar-refractivity contribution is 6.03. The highest BCUT2D eigenvalue weighted by Crippen LogP contribution is 2.48. The molecule has 0 aromatic heterocycles. The van der Waals surface area contributed by atoms with Gasteiger partial charge in [0.15, 0.2) is 11.9 Å². The van der Waals surface area contributed by atoms with E-state index in [2.05, 4.69) is 73.8 Å². The van der Waals surface area contributed by atoms with Crippen LogP contribution in [0.1, 0.15) is 22.8 Å². The number of benzene rings is 3. The van der Waals surface area contributed by atoms with E-state index in [4.69, 9.17) is 0 Å². The quantitative estimate of drug-likeness (QED) is 0.655. The summed E-state index contributed by atoms with van der Waals surface area (Å²) in [6.07, 6.45) is -0.118. The van der Waals surface area contributed by atoms with Gasteiger partial charge < -0.3 is 5.32 Å². The topological polar surface area (TPSA) is 29.1 Å². The number of rotatable bonds is 2. The van der Waals surface area contributed by atoms with Gasteiger partial charge in [-0.2, -0.15) is 0 Å². The third-order valence-corrected chi connectivity index (χ3v) is 5.05. The van der Waals surface area contributed by atoms with Gasteiger partial charge in [0.25, 0.3) is 5.91 Å². The highest BCUT2D eigenvalue weighted by Gasteiger charge is 2.48. The lowest BCUT2D eigenvalue weighted by Gasteiger charge is -2.45. The molecule has 0 fully saturated rings. The third kappa shape index (κ3) is 2.28. The number of aryl methyl sites for hydroxylation is 1. The number of fused-ring (bicyclic) bond motifs is 1. The average molecular weight is 329 g/mol. The Kier molecular flexibility index (Phi) is 3.66. The predicted molar refractivity (Wildman–Crippen MR) is 102 cm³/mol. The molecule has 1 aliphatic rings. The zero-order valence-corrected chi connectivity index (χ0v) is 14.4. The molecule has 3 aromatic rings. The lowest BCUT2D eigenvalue weighted by atomic mass is 9.99. The first-order valence-electron chi connectivity index (χ1n) is 8.56. The fourth-order valence-electron chi connectivity index (χ4n) is 3.86. The van der Waals surface area contributed by atoms with Crippen LogP contribution >= 0.6 is 0 Å². The van der Waals surface area contributed by atoms with Crippen molar-refractivity contribution in [1.29, 1.82) is 0 Å². The fourth-order valence-corrected chi connectivity index (χ4v) is 3.86. The van der Waals surface area contributed by atoms with Crippen LogP contribution in [0.25, 0.3) is 0 Å². The Labute approximate surface area is 148 Å². The zero-order chi connectivity index (χ0) is 17.4. The smallest absolute Gasteiger partial charge is 0.261 e. The van der Waals surface area contributed by atoms with E-state index in [9.17, 15) is 4.79 Å². The molecule has 1 aliphatic heterocycles. The molecular formula is C22H21N2O+. The van der Waals surface area contributed by atoms with Crippen LogP contribution in [0.4, 0.5) is 17.1 Å². The molecule has 1 N–H and O–H groups in total. The summed E-state index contributed by atoms with van der Waals surface area (Å²) in [7, 11) is 0. The van der Waals surface area contributed by atoms with Gasteiger partial charge >= 0.3 is 0 Å². The Bertz CT molecular complexity index is 918. The maximum Gasteiger partial charge on any atom is 0.261 e. The van der Waals surface area contributed by atoms with Crippen LogP contribution in [-0.2, 0) is 0 Å². The normalized spacial score (nSPS) is 22.2. The van der Waals surface area contributed by atoms with E-state index in [1.807, 2.05) is 24.3 Å². The number of quaternary nitrogens is 1. The lowest BCUT2D eigenvalue weighted by molar-refractivity contribution is 0.0897. The van der Waals surface area contributed by atoms with Crippen LogP contribution < -0.4 is 9.80 Å². The van der Waals surface area contributed by atoms with Crippen molar-refractivity contribution < 1.29 is 4.79 Å². The summed E-state index contributed by atoms with van der Waals surface area (Å²) in [5.41, 5.74) is 5.22. The Morgan fingerprint density at radius 2 is 1.40 bits per heavy atom. The number of hydrogen-bond donors (Lipinski definition) is 1. The molecule has 124 valence electrons. The van der Waals surface area contributed by atoms with E-state index in [1.54, 1.807) is 0 Å². The molecular weight excluding hydrogens is 308 g/mol. The van der Waals surface area contributed by atoms with E-state index in [1.165, 1.54) is 5.56 Å². The van der Waals surface area contributed by atoms with E-state index in [0.717, 1.165) is 22.6 Å². The molecule has 2 atom stereocenters. The van der Waals surface area contributed by atoms with E-state index in [-0.39, 0.29) is 12.1 Å². The van der Waals surface area contributed by atoms with Crippen molar-refractivity contribution in [3.63, 3.8) is 0 Å². The standard InChI is InChI=1S/C22H20N2O/c1-16-12-14-19(15-13-16)24(18-8-4-3-5-9-18)17(2)23-22(25)20-10-6-7-11-21(20)24/h3-15,17H,1-2H3/p+1. The van der Waals surface area contributed by atoms with Gasteiger partial charge in [-0.25, -0.2) is 4.48 Å². The zero-order valence-electron chi connectivity index (χ0n) is 14.4. The highest BCUT2D eigenvalue weighted by atomic mass is 16.2. The van der Waals surface area contributed by atoms with Crippen molar-refractivity contribution in [2.24, 2.45) is 0 Å². The molecule has 3 nitrogen and oxygen atoms in total. The molecule has 0 bridgehead atoms. The van der Waals surface area contributed by atoms with Crippen LogP contribution in [0.2, 0.25) is 0 Å². The molecule has 1 amide bonds. The molecule has 3 heteroatoms. The van der Waals surface area contributed by atoms with Gasteiger partial charge in [-0.15, -0.1) is 0 Å². The summed E-state index contributed by atoms with van der Waals surface area (Å²) >= 11 is 0. The summed E-state index contributed by atoms with van der Waals surface area (Å²) in [5.74, 6) is -0.0140. The van der Waals surface area contributed by atoms with Gasteiger partial charge in [-0.05, 0) is 13.0 Å². The Morgan fingerprint density at radius 3 is 2.12 bits per heavy atom. The van der Waals surface area contributed by atoms with Crippen LogP contribution in [-0.4, -0.2) is 12.1 Å². The molecule has 25 heavy (non-hydrogen) atoms. The van der Waals surface area contributed by atoms with E-state index < -0.39 is 0 Å². The van der Waals surface area contributed by atoms with Gasteiger partial charge in [-0.3, -0.25) is 4.79 Å². The first-order valence-corrected chi connectivity index (χ1v) is 8.56. The second kappa shape index (κ2) is 5.87. The van der Waals surface area contributed by atoms with Crippen LogP contribution in [0, 0.1) is 6.92 Å². The van der Waals surface area contributed by atoms with E-state index >= 15 is 0 Å². The monoisotopic (exact) mass is 329 g/mol. The van der Waals surface area contributed by atoms with Crippen molar-refractivity contribution in [2.75, 3.05) is 0 Å². The van der Waals surface area contributed by atoms with Crippen molar-refractivity contribution in [3.8, 4) is 0 Å². The second-order valence-corrected chi connectivity index (χ2v) is 6.56. The third-order valence-electron chi connectivity index (χ3n) is 5.05. The van der Waals surface area contributed by atoms with Crippen molar-refractivity contribution in [3.05, 3.63) is 90.0 Å². The largest absolute Gasteiger partial charge is 0.302 e. The summed E-state index contributed by atoms with van der Waals surface area (Å²) in [5, 5.41) is 3.17. The van der Waals surface area contributed by atoms with Crippen LogP contribution in [0.3, 0.4) is 0 Å². The number of carbonyl (C=O) groups excluding carboxylic acids is 1. The van der Waals surface area contributed by atoms with Gasteiger partial charge in [0.2, 0.25) is 0 Å². The number of carbonyl (C=O) groups is 1. The molecule has 1 heterocycles. The molecule has 0 aliphatic carbocycles.